The number of aromatic nitrogens is 3. The number of phenolic OH excluding ortho intramolecular Hbond substituents is 1. The van der Waals surface area contributed by atoms with Gasteiger partial charge in [0.15, 0.2) is 11.5 Å². The molecule has 144 valence electrons. The number of nitrogens with zero attached hydrogens (tertiary/aromatic N) is 2. The maximum atomic E-state index is 12.8. The number of nitrogens with one attached hydrogen (secondary N) is 2. The SMILES string of the molecule is CCOc1cc([C@@H]2Nc3ccccc3-c3c(=O)[nH]c(SC)n[n+]32)cc(I)c1O. The average Bonchev–Trinajstić information content (AvgIpc) is 2.70. The predicted molar refractivity (Wildman–Crippen MR) is 116 cm³/mol. The number of halogens is 1. The lowest BCUT2D eigenvalue weighted by Gasteiger charge is -2.23. The number of hydrogen-bond acceptors (Lipinski definition) is 6. The summed E-state index contributed by atoms with van der Waals surface area (Å²) in [4.78, 5) is 15.7. The zero-order valence-electron chi connectivity index (χ0n) is 15.2. The summed E-state index contributed by atoms with van der Waals surface area (Å²) in [6, 6.07) is 11.3. The number of thioether (sulfide) groups is 1. The number of rotatable bonds is 4. The van der Waals surface area contributed by atoms with Gasteiger partial charge in [0.1, 0.15) is 0 Å². The third-order valence-corrected chi connectivity index (χ3v) is 5.83. The van der Waals surface area contributed by atoms with E-state index in [1.54, 1.807) is 10.7 Å². The maximum Gasteiger partial charge on any atom is 0.325 e. The fraction of sp³-hybridized carbons (Fsp3) is 0.211. The van der Waals surface area contributed by atoms with Gasteiger partial charge in [-0.25, -0.2) is 0 Å². The van der Waals surface area contributed by atoms with Crippen molar-refractivity contribution in [3.63, 3.8) is 0 Å². The Kier molecular flexibility index (Phi) is 5.19. The van der Waals surface area contributed by atoms with Gasteiger partial charge in [0.2, 0.25) is 5.16 Å². The largest absolute Gasteiger partial charge is 0.504 e. The number of para-hydroxylation sites is 1. The number of aromatic amines is 1. The Balaban J connectivity index is 1.96. The molecule has 1 atom stereocenters. The van der Waals surface area contributed by atoms with Crippen molar-refractivity contribution < 1.29 is 14.5 Å². The lowest BCUT2D eigenvalue weighted by Crippen LogP contribution is -2.55. The third kappa shape index (κ3) is 3.22. The van der Waals surface area contributed by atoms with Crippen LogP contribution in [-0.4, -0.2) is 28.1 Å². The van der Waals surface area contributed by atoms with Crippen LogP contribution in [0.15, 0.2) is 46.3 Å². The molecule has 2 heterocycles. The summed E-state index contributed by atoms with van der Waals surface area (Å²) in [7, 11) is 0. The van der Waals surface area contributed by atoms with Gasteiger partial charge in [-0.1, -0.05) is 23.9 Å². The maximum absolute atomic E-state index is 12.8. The molecule has 1 aromatic heterocycles. The lowest BCUT2D eigenvalue weighted by molar-refractivity contribution is -0.759. The van der Waals surface area contributed by atoms with Crippen LogP contribution in [0.1, 0.15) is 18.7 Å². The second-order valence-corrected chi connectivity index (χ2v) is 8.09. The second-order valence-electron chi connectivity index (χ2n) is 6.13. The highest BCUT2D eigenvalue weighted by Gasteiger charge is 2.38. The first kappa shape index (κ1) is 19.1. The summed E-state index contributed by atoms with van der Waals surface area (Å²) >= 11 is 3.44. The van der Waals surface area contributed by atoms with E-state index in [0.717, 1.165) is 16.8 Å². The Morgan fingerprint density at radius 2 is 2.14 bits per heavy atom. The molecule has 1 aliphatic heterocycles. The van der Waals surface area contributed by atoms with E-state index in [-0.39, 0.29) is 11.3 Å². The molecule has 2 aromatic carbocycles. The van der Waals surface area contributed by atoms with Crippen molar-refractivity contribution in [1.29, 1.82) is 0 Å². The molecule has 3 N–H and O–H groups in total. The van der Waals surface area contributed by atoms with Crippen molar-refractivity contribution >= 4 is 40.0 Å². The standard InChI is InChI=1S/C19H17IN4O3S/c1-3-27-14-9-10(8-12(20)16(14)25)17-21-13-7-5-4-6-11(13)15-18(26)22-19(28-2)23-24(15)17/h4-9,17H,3H2,1-2H3,(H2,22,23,25,26)/p+1/t17-/m1/s1. The fourth-order valence-electron chi connectivity index (χ4n) is 3.22. The number of anilines is 1. The smallest absolute Gasteiger partial charge is 0.325 e. The number of ether oxygens (including phenoxy) is 1. The molecular weight excluding hydrogens is 491 g/mol. The highest BCUT2D eigenvalue weighted by Crippen LogP contribution is 2.37. The van der Waals surface area contributed by atoms with E-state index in [1.165, 1.54) is 11.8 Å². The third-order valence-electron chi connectivity index (χ3n) is 4.44. The number of phenols is 1. The molecule has 1 aliphatic rings. The first-order chi connectivity index (χ1) is 13.5. The van der Waals surface area contributed by atoms with Gasteiger partial charge in [-0.3, -0.25) is 9.78 Å². The zero-order chi connectivity index (χ0) is 19.8. The highest BCUT2D eigenvalue weighted by molar-refractivity contribution is 14.1. The average molecular weight is 509 g/mol. The van der Waals surface area contributed by atoms with Crippen LogP contribution in [0, 0.1) is 3.57 Å². The molecule has 0 aliphatic carbocycles. The Morgan fingerprint density at radius 3 is 2.89 bits per heavy atom. The van der Waals surface area contributed by atoms with Crippen LogP contribution in [0.4, 0.5) is 5.69 Å². The van der Waals surface area contributed by atoms with Crippen LogP contribution in [0.3, 0.4) is 0 Å². The summed E-state index contributed by atoms with van der Waals surface area (Å²) in [5, 5.41) is 18.9. The van der Waals surface area contributed by atoms with E-state index >= 15 is 0 Å². The van der Waals surface area contributed by atoms with Gasteiger partial charge in [0.25, 0.3) is 6.17 Å². The van der Waals surface area contributed by atoms with Crippen molar-refractivity contribution in [2.45, 2.75) is 18.2 Å². The van der Waals surface area contributed by atoms with Crippen LogP contribution in [0.5, 0.6) is 11.5 Å². The first-order valence-corrected chi connectivity index (χ1v) is 10.9. The molecule has 0 radical (unpaired) electrons. The van der Waals surface area contributed by atoms with Gasteiger partial charge in [0.05, 0.1) is 21.4 Å². The number of H-pyrrole nitrogens is 1. The molecule has 0 fully saturated rings. The molecule has 0 spiro atoms. The van der Waals surface area contributed by atoms with Gasteiger partial charge in [-0.2, -0.15) is 0 Å². The Bertz CT molecular complexity index is 1120. The molecule has 28 heavy (non-hydrogen) atoms. The Morgan fingerprint density at radius 1 is 1.36 bits per heavy atom. The number of fused-ring (bicyclic) bond motifs is 3. The van der Waals surface area contributed by atoms with Crippen LogP contribution in [0.25, 0.3) is 11.3 Å². The summed E-state index contributed by atoms with van der Waals surface area (Å²) in [5.41, 5.74) is 2.75. The predicted octanol–water partition coefficient (Wildman–Crippen LogP) is 3.13. The minimum Gasteiger partial charge on any atom is -0.504 e. The fourth-order valence-corrected chi connectivity index (χ4v) is 4.21. The molecule has 0 bridgehead atoms. The molecule has 3 aromatic rings. The summed E-state index contributed by atoms with van der Waals surface area (Å²) < 4.78 is 7.95. The number of aromatic hydroxyl groups is 1. The Labute approximate surface area is 179 Å². The molecule has 0 saturated carbocycles. The topological polar surface area (TPSA) is 91.1 Å². The minimum absolute atomic E-state index is 0.108. The van der Waals surface area contributed by atoms with Crippen molar-refractivity contribution in [2.75, 3.05) is 18.2 Å². The molecule has 7 nitrogen and oxygen atoms in total. The van der Waals surface area contributed by atoms with Crippen molar-refractivity contribution in [1.82, 2.24) is 10.1 Å². The quantitative estimate of drug-likeness (QED) is 0.285. The number of benzene rings is 2. The van der Waals surface area contributed by atoms with E-state index in [2.05, 4.69) is 38.0 Å². The monoisotopic (exact) mass is 509 g/mol. The molecule has 0 amide bonds. The van der Waals surface area contributed by atoms with Crippen molar-refractivity contribution in [3.8, 4) is 22.8 Å². The lowest BCUT2D eigenvalue weighted by atomic mass is 10.0. The molecular formula is C19H18IN4O3S+. The van der Waals surface area contributed by atoms with E-state index in [9.17, 15) is 9.90 Å². The molecule has 0 unspecified atom stereocenters. The summed E-state index contributed by atoms with van der Waals surface area (Å²) in [6.07, 6.45) is 1.44. The van der Waals surface area contributed by atoms with E-state index in [1.807, 2.05) is 43.5 Å². The zero-order valence-corrected chi connectivity index (χ0v) is 18.2. The van der Waals surface area contributed by atoms with E-state index in [0.29, 0.717) is 26.8 Å². The summed E-state index contributed by atoms with van der Waals surface area (Å²) in [6.45, 7) is 2.30. The minimum atomic E-state index is -0.425. The first-order valence-electron chi connectivity index (χ1n) is 8.64. The molecule has 9 heteroatoms. The van der Waals surface area contributed by atoms with Gasteiger partial charge in [0, 0.05) is 10.7 Å². The van der Waals surface area contributed by atoms with Crippen molar-refractivity contribution in [3.05, 3.63) is 55.9 Å². The Hall–Kier alpha value is -2.27. The van der Waals surface area contributed by atoms with Crippen LogP contribution in [-0.2, 0) is 0 Å². The van der Waals surface area contributed by atoms with E-state index in [4.69, 9.17) is 4.74 Å². The summed E-state index contributed by atoms with van der Waals surface area (Å²) in [5.74, 6) is 0.512. The van der Waals surface area contributed by atoms with Crippen molar-refractivity contribution in [2.24, 2.45) is 0 Å². The van der Waals surface area contributed by atoms with E-state index < -0.39 is 6.17 Å². The van der Waals surface area contributed by atoms with Gasteiger partial charge < -0.3 is 15.2 Å². The molecule has 4 rings (SSSR count). The van der Waals surface area contributed by atoms with Crippen LogP contribution < -0.4 is 20.3 Å². The second kappa shape index (κ2) is 7.63. The van der Waals surface area contributed by atoms with Gasteiger partial charge in [-0.15, -0.1) is 0 Å². The van der Waals surface area contributed by atoms with Crippen LogP contribution >= 0.6 is 34.4 Å². The number of hydrogen-bond donors (Lipinski definition) is 3. The van der Waals surface area contributed by atoms with Gasteiger partial charge >= 0.3 is 11.3 Å². The van der Waals surface area contributed by atoms with Gasteiger partial charge in [-0.05, 0) is 64.7 Å². The normalized spacial score (nSPS) is 14.8. The van der Waals surface area contributed by atoms with Crippen LogP contribution in [0.2, 0.25) is 0 Å². The highest BCUT2D eigenvalue weighted by atomic mass is 127. The molecule has 0 saturated heterocycles.